The standard InChI is InChI=1S/C22H24N4O3S/c1-16-23-21-19-5-3-4-6-20(19)24-22(26(21)25-16)30-15-17-7-9-18(10-8-17)29-14-13-28-12-11-27-2/h3-10H,11-15H2,1-2H3. The van der Waals surface area contributed by atoms with E-state index in [2.05, 4.69) is 22.2 Å². The molecule has 0 aliphatic rings. The summed E-state index contributed by atoms with van der Waals surface area (Å²) >= 11 is 1.64. The van der Waals surface area contributed by atoms with Crippen molar-refractivity contribution in [2.45, 2.75) is 17.8 Å². The molecule has 4 rings (SSSR count). The van der Waals surface area contributed by atoms with Crippen LogP contribution in [0.4, 0.5) is 0 Å². The number of benzene rings is 2. The SMILES string of the molecule is COCCOCCOc1ccc(CSc2nc3ccccc3c3nc(C)nn23)cc1. The van der Waals surface area contributed by atoms with Gasteiger partial charge in [-0.3, -0.25) is 0 Å². The third-order valence-corrected chi connectivity index (χ3v) is 5.47. The number of ether oxygens (including phenoxy) is 3. The average Bonchev–Trinajstić information content (AvgIpc) is 3.17. The third kappa shape index (κ3) is 4.89. The molecule has 0 saturated carbocycles. The second-order valence-corrected chi connectivity index (χ2v) is 7.63. The predicted molar refractivity (Wildman–Crippen MR) is 117 cm³/mol. The molecule has 0 N–H and O–H groups in total. The highest BCUT2D eigenvalue weighted by Gasteiger charge is 2.12. The molecule has 0 fully saturated rings. The highest BCUT2D eigenvalue weighted by molar-refractivity contribution is 7.98. The summed E-state index contributed by atoms with van der Waals surface area (Å²) in [6.07, 6.45) is 0. The van der Waals surface area contributed by atoms with Gasteiger partial charge in [-0.1, -0.05) is 36.0 Å². The highest BCUT2D eigenvalue weighted by atomic mass is 32.2. The van der Waals surface area contributed by atoms with Gasteiger partial charge in [0.2, 0.25) is 0 Å². The number of rotatable bonds is 10. The summed E-state index contributed by atoms with van der Waals surface area (Å²) in [5, 5.41) is 6.37. The molecule has 156 valence electrons. The van der Waals surface area contributed by atoms with Crippen molar-refractivity contribution >= 4 is 28.3 Å². The summed E-state index contributed by atoms with van der Waals surface area (Å²) in [5.74, 6) is 2.35. The molecule has 0 unspecified atom stereocenters. The lowest BCUT2D eigenvalue weighted by molar-refractivity contribution is 0.0544. The lowest BCUT2D eigenvalue weighted by Crippen LogP contribution is -2.09. The zero-order valence-electron chi connectivity index (χ0n) is 17.1. The van der Waals surface area contributed by atoms with E-state index < -0.39 is 0 Å². The number of nitrogens with zero attached hydrogens (tertiary/aromatic N) is 4. The quantitative estimate of drug-likeness (QED) is 0.217. The molecule has 2 aromatic carbocycles. The van der Waals surface area contributed by atoms with Gasteiger partial charge >= 0.3 is 0 Å². The summed E-state index contributed by atoms with van der Waals surface area (Å²) in [5.41, 5.74) is 2.96. The molecule has 0 amide bonds. The smallest absolute Gasteiger partial charge is 0.191 e. The van der Waals surface area contributed by atoms with E-state index in [1.807, 2.05) is 47.8 Å². The minimum Gasteiger partial charge on any atom is -0.491 e. The number of hydrogen-bond donors (Lipinski definition) is 0. The van der Waals surface area contributed by atoms with Crippen LogP contribution < -0.4 is 4.74 Å². The molecule has 2 aromatic heterocycles. The van der Waals surface area contributed by atoms with Crippen LogP contribution in [0.5, 0.6) is 5.75 Å². The highest BCUT2D eigenvalue weighted by Crippen LogP contribution is 2.26. The third-order valence-electron chi connectivity index (χ3n) is 4.47. The Morgan fingerprint density at radius 3 is 2.57 bits per heavy atom. The van der Waals surface area contributed by atoms with E-state index >= 15 is 0 Å². The van der Waals surface area contributed by atoms with Crippen LogP contribution in [0.15, 0.2) is 53.7 Å². The molecule has 0 aliphatic carbocycles. The van der Waals surface area contributed by atoms with Crippen molar-refractivity contribution in [3.63, 3.8) is 0 Å². The summed E-state index contributed by atoms with van der Waals surface area (Å²) in [6.45, 7) is 4.14. The fraction of sp³-hybridized carbons (Fsp3) is 0.318. The van der Waals surface area contributed by atoms with Crippen LogP contribution in [-0.4, -0.2) is 53.1 Å². The molecule has 0 aliphatic heterocycles. The van der Waals surface area contributed by atoms with Gasteiger partial charge in [-0.05, 0) is 36.8 Å². The van der Waals surface area contributed by atoms with E-state index in [-0.39, 0.29) is 0 Å². The van der Waals surface area contributed by atoms with Crippen molar-refractivity contribution in [2.75, 3.05) is 33.5 Å². The molecule has 0 saturated heterocycles. The van der Waals surface area contributed by atoms with E-state index in [4.69, 9.17) is 19.2 Å². The normalized spacial score (nSPS) is 11.4. The molecular weight excluding hydrogens is 400 g/mol. The molecule has 0 atom stereocenters. The van der Waals surface area contributed by atoms with Crippen molar-refractivity contribution in [1.82, 2.24) is 19.6 Å². The van der Waals surface area contributed by atoms with E-state index in [9.17, 15) is 0 Å². The summed E-state index contributed by atoms with van der Waals surface area (Å²) in [6, 6.07) is 16.1. The zero-order chi connectivity index (χ0) is 20.8. The van der Waals surface area contributed by atoms with Crippen molar-refractivity contribution < 1.29 is 14.2 Å². The zero-order valence-corrected chi connectivity index (χ0v) is 17.9. The minimum absolute atomic E-state index is 0.516. The molecule has 0 spiro atoms. The predicted octanol–water partition coefficient (Wildman–Crippen LogP) is 3.92. The maximum Gasteiger partial charge on any atom is 0.191 e. The Morgan fingerprint density at radius 2 is 1.73 bits per heavy atom. The average molecular weight is 425 g/mol. The number of aryl methyl sites for hydroxylation is 1. The minimum atomic E-state index is 0.516. The largest absolute Gasteiger partial charge is 0.491 e. The summed E-state index contributed by atoms with van der Waals surface area (Å²) in [7, 11) is 1.66. The van der Waals surface area contributed by atoms with Crippen LogP contribution in [0.3, 0.4) is 0 Å². The lowest BCUT2D eigenvalue weighted by atomic mass is 10.2. The van der Waals surface area contributed by atoms with Crippen LogP contribution in [0.2, 0.25) is 0 Å². The lowest BCUT2D eigenvalue weighted by Gasteiger charge is -2.08. The van der Waals surface area contributed by atoms with Gasteiger partial charge in [-0.25, -0.2) is 9.97 Å². The van der Waals surface area contributed by atoms with Crippen molar-refractivity contribution in [3.8, 4) is 5.75 Å². The number of thioether (sulfide) groups is 1. The number of fused-ring (bicyclic) bond motifs is 3. The fourth-order valence-electron chi connectivity index (χ4n) is 3.02. The Balaban J connectivity index is 1.39. The van der Waals surface area contributed by atoms with E-state index in [0.717, 1.165) is 39.0 Å². The van der Waals surface area contributed by atoms with Crippen LogP contribution in [-0.2, 0) is 15.2 Å². The van der Waals surface area contributed by atoms with Crippen LogP contribution in [0.1, 0.15) is 11.4 Å². The Hall–Kier alpha value is -2.68. The van der Waals surface area contributed by atoms with Crippen molar-refractivity contribution in [2.24, 2.45) is 0 Å². The first-order chi connectivity index (χ1) is 14.7. The van der Waals surface area contributed by atoms with Crippen LogP contribution in [0, 0.1) is 6.92 Å². The van der Waals surface area contributed by atoms with Gasteiger partial charge in [0, 0.05) is 18.2 Å². The second kappa shape index (κ2) is 9.88. The van der Waals surface area contributed by atoms with Gasteiger partial charge in [0.25, 0.3) is 0 Å². The Kier molecular flexibility index (Phi) is 6.78. The Morgan fingerprint density at radius 1 is 0.933 bits per heavy atom. The van der Waals surface area contributed by atoms with Gasteiger partial charge in [-0.15, -0.1) is 5.10 Å². The molecule has 7 nitrogen and oxygen atoms in total. The van der Waals surface area contributed by atoms with E-state index in [1.165, 1.54) is 5.56 Å². The fourth-order valence-corrected chi connectivity index (χ4v) is 3.92. The number of para-hydroxylation sites is 1. The monoisotopic (exact) mass is 424 g/mol. The van der Waals surface area contributed by atoms with Gasteiger partial charge in [0.05, 0.1) is 25.3 Å². The summed E-state index contributed by atoms with van der Waals surface area (Å²) < 4.78 is 17.9. The van der Waals surface area contributed by atoms with Gasteiger partial charge in [0.1, 0.15) is 18.2 Å². The van der Waals surface area contributed by atoms with Gasteiger partial charge in [0.15, 0.2) is 10.8 Å². The number of methoxy groups -OCH3 is 1. The summed E-state index contributed by atoms with van der Waals surface area (Å²) in [4.78, 5) is 9.38. The molecule has 0 radical (unpaired) electrons. The second-order valence-electron chi connectivity index (χ2n) is 6.69. The molecular formula is C22H24N4O3S. The molecule has 2 heterocycles. The number of hydrogen-bond acceptors (Lipinski definition) is 7. The van der Waals surface area contributed by atoms with Gasteiger partial charge < -0.3 is 14.2 Å². The van der Waals surface area contributed by atoms with Crippen LogP contribution in [0.25, 0.3) is 16.6 Å². The maximum absolute atomic E-state index is 5.71. The Labute approximate surface area is 179 Å². The first-order valence-electron chi connectivity index (χ1n) is 9.78. The first-order valence-corrected chi connectivity index (χ1v) is 10.8. The number of aromatic nitrogens is 4. The molecule has 8 heteroatoms. The van der Waals surface area contributed by atoms with Gasteiger partial charge in [-0.2, -0.15) is 4.52 Å². The molecule has 0 bridgehead atoms. The molecule has 30 heavy (non-hydrogen) atoms. The van der Waals surface area contributed by atoms with Crippen molar-refractivity contribution in [3.05, 3.63) is 59.9 Å². The topological polar surface area (TPSA) is 70.8 Å². The maximum atomic E-state index is 5.71. The first kappa shape index (κ1) is 20.6. The van der Waals surface area contributed by atoms with Crippen LogP contribution >= 0.6 is 11.8 Å². The molecule has 4 aromatic rings. The Bertz CT molecular complexity index is 1110. The van der Waals surface area contributed by atoms with E-state index in [1.54, 1.807) is 18.9 Å². The van der Waals surface area contributed by atoms with Crippen molar-refractivity contribution in [1.29, 1.82) is 0 Å². The van der Waals surface area contributed by atoms with E-state index in [0.29, 0.717) is 26.4 Å².